The average molecular weight is 253 g/mol. The van der Waals surface area contributed by atoms with Crippen LogP contribution >= 0.6 is 0 Å². The summed E-state index contributed by atoms with van der Waals surface area (Å²) >= 11 is 0. The zero-order chi connectivity index (χ0) is 13.5. The van der Waals surface area contributed by atoms with Crippen LogP contribution in [0.3, 0.4) is 0 Å². The molecular formula is C14H23NO3. The molecule has 1 aliphatic carbocycles. The molecule has 0 bridgehead atoms. The van der Waals surface area contributed by atoms with Crippen molar-refractivity contribution in [3.8, 4) is 0 Å². The van der Waals surface area contributed by atoms with Crippen molar-refractivity contribution in [2.24, 2.45) is 17.3 Å². The molecule has 0 aromatic carbocycles. The van der Waals surface area contributed by atoms with Gasteiger partial charge >= 0.3 is 5.97 Å². The number of likely N-dealkylation sites (tertiary alicyclic amines) is 1. The molecule has 1 saturated heterocycles. The molecule has 0 radical (unpaired) electrons. The van der Waals surface area contributed by atoms with Crippen molar-refractivity contribution >= 4 is 11.9 Å². The summed E-state index contributed by atoms with van der Waals surface area (Å²) in [6.07, 6.45) is 3.88. The maximum Gasteiger partial charge on any atom is 0.326 e. The lowest BCUT2D eigenvalue weighted by atomic mass is 9.88. The van der Waals surface area contributed by atoms with Gasteiger partial charge in [0.2, 0.25) is 5.91 Å². The zero-order valence-electron chi connectivity index (χ0n) is 11.5. The van der Waals surface area contributed by atoms with Gasteiger partial charge in [0, 0.05) is 12.0 Å². The number of carboxylic acid groups (broad SMARTS) is 1. The van der Waals surface area contributed by atoms with Gasteiger partial charge in [-0.25, -0.2) is 4.79 Å². The molecule has 0 aromatic rings. The first kappa shape index (κ1) is 13.4. The predicted molar refractivity (Wildman–Crippen MR) is 68.0 cm³/mol. The van der Waals surface area contributed by atoms with Crippen molar-refractivity contribution in [2.45, 2.75) is 52.5 Å². The summed E-state index contributed by atoms with van der Waals surface area (Å²) in [7, 11) is 0. The number of amides is 1. The average Bonchev–Trinajstić information content (AvgIpc) is 2.86. The van der Waals surface area contributed by atoms with Crippen LogP contribution in [0.25, 0.3) is 0 Å². The van der Waals surface area contributed by atoms with Crippen LogP contribution < -0.4 is 0 Å². The zero-order valence-corrected chi connectivity index (χ0v) is 11.5. The van der Waals surface area contributed by atoms with E-state index in [2.05, 4.69) is 0 Å². The summed E-state index contributed by atoms with van der Waals surface area (Å²) in [5.74, 6) is -0.238. The first-order valence-electron chi connectivity index (χ1n) is 6.92. The number of fused-ring (bicyclic) bond motifs is 1. The van der Waals surface area contributed by atoms with Crippen molar-refractivity contribution in [3.63, 3.8) is 0 Å². The second-order valence-electron chi connectivity index (χ2n) is 6.33. The predicted octanol–water partition coefficient (Wildman–Crippen LogP) is 2.13. The number of carbonyl (C=O) groups excluding carboxylic acids is 1. The highest BCUT2D eigenvalue weighted by Gasteiger charge is 2.51. The highest BCUT2D eigenvalue weighted by Crippen LogP contribution is 2.43. The molecule has 2 fully saturated rings. The molecule has 0 spiro atoms. The molecular weight excluding hydrogens is 230 g/mol. The van der Waals surface area contributed by atoms with Crippen LogP contribution in [0.1, 0.15) is 46.5 Å². The molecule has 1 heterocycles. The van der Waals surface area contributed by atoms with Gasteiger partial charge in [-0.05, 0) is 31.1 Å². The smallest absolute Gasteiger partial charge is 0.326 e. The van der Waals surface area contributed by atoms with Gasteiger partial charge in [-0.1, -0.05) is 27.2 Å². The van der Waals surface area contributed by atoms with Gasteiger partial charge in [0.1, 0.15) is 6.04 Å². The van der Waals surface area contributed by atoms with Crippen LogP contribution in [0.5, 0.6) is 0 Å². The lowest BCUT2D eigenvalue weighted by Crippen LogP contribution is -2.48. The molecule has 4 nitrogen and oxygen atoms in total. The summed E-state index contributed by atoms with van der Waals surface area (Å²) in [5.41, 5.74) is -0.452. The Labute approximate surface area is 108 Å². The van der Waals surface area contributed by atoms with E-state index in [1.807, 2.05) is 20.8 Å². The molecule has 1 aliphatic heterocycles. The summed E-state index contributed by atoms with van der Waals surface area (Å²) in [4.78, 5) is 25.6. The van der Waals surface area contributed by atoms with E-state index in [0.29, 0.717) is 12.5 Å². The number of hydrogen-bond donors (Lipinski definition) is 1. The van der Waals surface area contributed by atoms with E-state index >= 15 is 0 Å². The van der Waals surface area contributed by atoms with Crippen LogP contribution in [0.4, 0.5) is 0 Å². The third kappa shape index (κ3) is 2.02. The van der Waals surface area contributed by atoms with Gasteiger partial charge in [-0.3, -0.25) is 4.79 Å². The van der Waals surface area contributed by atoms with Crippen molar-refractivity contribution in [2.75, 3.05) is 6.54 Å². The molecule has 2 aliphatic rings. The summed E-state index contributed by atoms with van der Waals surface area (Å²) in [6, 6.07) is -0.587. The lowest BCUT2D eigenvalue weighted by molar-refractivity contribution is -0.153. The molecule has 4 heteroatoms. The number of carbonyl (C=O) groups is 2. The molecule has 1 N–H and O–H groups in total. The summed E-state index contributed by atoms with van der Waals surface area (Å²) < 4.78 is 0. The Morgan fingerprint density at radius 2 is 2.00 bits per heavy atom. The van der Waals surface area contributed by atoms with E-state index in [1.165, 1.54) is 0 Å². The second kappa shape index (κ2) is 4.56. The molecule has 102 valence electrons. The maximum atomic E-state index is 12.5. The van der Waals surface area contributed by atoms with Crippen molar-refractivity contribution in [1.29, 1.82) is 0 Å². The van der Waals surface area contributed by atoms with E-state index in [0.717, 1.165) is 25.7 Å². The number of hydrogen-bond acceptors (Lipinski definition) is 2. The highest BCUT2D eigenvalue weighted by molar-refractivity contribution is 5.88. The molecule has 18 heavy (non-hydrogen) atoms. The summed E-state index contributed by atoms with van der Waals surface area (Å²) in [5, 5.41) is 9.42. The van der Waals surface area contributed by atoms with E-state index in [4.69, 9.17) is 0 Å². The topological polar surface area (TPSA) is 57.6 Å². The van der Waals surface area contributed by atoms with E-state index in [1.54, 1.807) is 4.90 Å². The largest absolute Gasteiger partial charge is 0.480 e. The van der Waals surface area contributed by atoms with Gasteiger partial charge in [0.15, 0.2) is 0 Å². The maximum absolute atomic E-state index is 12.5. The van der Waals surface area contributed by atoms with Crippen molar-refractivity contribution in [1.82, 2.24) is 4.90 Å². The van der Waals surface area contributed by atoms with Crippen LogP contribution in [-0.4, -0.2) is 34.5 Å². The molecule has 2 rings (SSSR count). The molecule has 1 amide bonds. The first-order chi connectivity index (χ1) is 8.38. The van der Waals surface area contributed by atoms with Crippen molar-refractivity contribution in [3.05, 3.63) is 0 Å². The second-order valence-corrected chi connectivity index (χ2v) is 6.33. The fraction of sp³-hybridized carbons (Fsp3) is 0.857. The molecule has 3 atom stereocenters. The minimum absolute atomic E-state index is 0.00630. The monoisotopic (exact) mass is 253 g/mol. The van der Waals surface area contributed by atoms with Gasteiger partial charge in [0.05, 0.1) is 0 Å². The summed E-state index contributed by atoms with van der Waals surface area (Å²) in [6.45, 7) is 6.43. The Bertz CT molecular complexity index is 364. The van der Waals surface area contributed by atoms with Gasteiger partial charge in [-0.2, -0.15) is 0 Å². The standard InChI is InChI=1S/C14H23NO3/c1-4-14(2,3)13(18)15-8-9-6-5-7-10(9)11(15)12(16)17/h9-11H,4-8H2,1-3H3,(H,16,17). The Hall–Kier alpha value is -1.06. The molecule has 3 unspecified atom stereocenters. The minimum Gasteiger partial charge on any atom is -0.480 e. The third-order valence-corrected chi connectivity index (χ3v) is 4.87. The van der Waals surface area contributed by atoms with Gasteiger partial charge < -0.3 is 10.0 Å². The Kier molecular flexibility index (Phi) is 3.39. The van der Waals surface area contributed by atoms with Crippen LogP contribution in [0.15, 0.2) is 0 Å². The van der Waals surface area contributed by atoms with Crippen LogP contribution in [0, 0.1) is 17.3 Å². The van der Waals surface area contributed by atoms with E-state index in [9.17, 15) is 14.7 Å². The normalized spacial score (nSPS) is 31.5. The van der Waals surface area contributed by atoms with Crippen LogP contribution in [-0.2, 0) is 9.59 Å². The SMILES string of the molecule is CCC(C)(C)C(=O)N1CC2CCCC2C1C(=O)O. The Morgan fingerprint density at radius 1 is 1.33 bits per heavy atom. The number of rotatable bonds is 3. The highest BCUT2D eigenvalue weighted by atomic mass is 16.4. The number of aliphatic carboxylic acids is 1. The number of carboxylic acids is 1. The van der Waals surface area contributed by atoms with Gasteiger partial charge in [0.25, 0.3) is 0 Å². The van der Waals surface area contributed by atoms with Gasteiger partial charge in [-0.15, -0.1) is 0 Å². The fourth-order valence-corrected chi connectivity index (χ4v) is 3.37. The number of nitrogens with zero attached hydrogens (tertiary/aromatic N) is 1. The lowest BCUT2D eigenvalue weighted by Gasteiger charge is -2.32. The Morgan fingerprint density at radius 3 is 2.56 bits per heavy atom. The first-order valence-corrected chi connectivity index (χ1v) is 6.92. The van der Waals surface area contributed by atoms with E-state index in [-0.39, 0.29) is 11.8 Å². The third-order valence-electron chi connectivity index (χ3n) is 4.87. The minimum atomic E-state index is -0.829. The van der Waals surface area contributed by atoms with E-state index < -0.39 is 17.4 Å². The Balaban J connectivity index is 2.22. The molecule has 0 aromatic heterocycles. The van der Waals surface area contributed by atoms with Crippen molar-refractivity contribution < 1.29 is 14.7 Å². The van der Waals surface area contributed by atoms with Crippen LogP contribution in [0.2, 0.25) is 0 Å². The fourth-order valence-electron chi connectivity index (χ4n) is 3.37. The quantitative estimate of drug-likeness (QED) is 0.838. The molecule has 1 saturated carbocycles.